The molecule has 2 amide bonds. The lowest BCUT2D eigenvalue weighted by atomic mass is 10.0. The van der Waals surface area contributed by atoms with Gasteiger partial charge in [-0.3, -0.25) is 4.79 Å². The van der Waals surface area contributed by atoms with Crippen molar-refractivity contribution >= 4 is 28.7 Å². The number of hydrogen-bond acceptors (Lipinski definition) is 7. The highest BCUT2D eigenvalue weighted by Crippen LogP contribution is 2.17. The predicted octanol–water partition coefficient (Wildman–Crippen LogP) is 0.598. The second kappa shape index (κ2) is 7.91. The number of urea groups is 1. The normalized spacial score (nSPS) is 16.4. The Morgan fingerprint density at radius 3 is 2.54 bits per heavy atom. The van der Waals surface area contributed by atoms with E-state index in [-0.39, 0.29) is 30.2 Å². The zero-order chi connectivity index (χ0) is 20.3. The third-order valence-corrected chi connectivity index (χ3v) is 4.10. The van der Waals surface area contributed by atoms with Gasteiger partial charge >= 0.3 is 18.0 Å². The number of nitrogens with one attached hydrogen (secondary N) is 3. The Labute approximate surface area is 158 Å². The average molecular weight is 386 g/mol. The number of H-pyrrole nitrogens is 1. The molecule has 1 unspecified atom stereocenters. The predicted molar refractivity (Wildman–Crippen MR) is 97.4 cm³/mol. The van der Waals surface area contributed by atoms with Crippen LogP contribution in [0.1, 0.15) is 24.3 Å². The topological polar surface area (TPSA) is 139 Å². The van der Waals surface area contributed by atoms with Crippen molar-refractivity contribution in [1.29, 1.82) is 0 Å². The number of aromatic nitrogens is 2. The quantitative estimate of drug-likeness (QED) is 0.639. The largest absolute Gasteiger partial charge is 0.463 e. The highest BCUT2D eigenvalue weighted by molar-refractivity contribution is 6.02. The Bertz CT molecular complexity index is 1040. The Morgan fingerprint density at radius 1 is 1.11 bits per heavy atom. The molecular weight excluding hydrogens is 368 g/mol. The number of esters is 2. The smallest absolute Gasteiger partial charge is 0.359 e. The number of nitrogens with zero attached hydrogens (tertiary/aromatic N) is 1. The fourth-order valence-electron chi connectivity index (χ4n) is 2.87. The van der Waals surface area contributed by atoms with Crippen molar-refractivity contribution in [3.05, 3.63) is 51.6 Å². The molecule has 28 heavy (non-hydrogen) atoms. The number of hydrogen-bond donors (Lipinski definition) is 3. The molecule has 1 atom stereocenters. The van der Waals surface area contributed by atoms with Crippen molar-refractivity contribution < 1.29 is 23.9 Å². The van der Waals surface area contributed by atoms with Crippen molar-refractivity contribution in [2.75, 3.05) is 13.2 Å². The van der Waals surface area contributed by atoms with E-state index < -0.39 is 29.6 Å². The third-order valence-electron chi connectivity index (χ3n) is 4.10. The maximum Gasteiger partial charge on any atom is 0.359 e. The van der Waals surface area contributed by atoms with Gasteiger partial charge in [0.05, 0.1) is 29.3 Å². The fraction of sp³-hybridized carbons (Fsp3) is 0.278. The summed E-state index contributed by atoms with van der Waals surface area (Å²) in [7, 11) is 0. The highest BCUT2D eigenvalue weighted by Gasteiger charge is 2.30. The van der Waals surface area contributed by atoms with Crippen LogP contribution in [-0.4, -0.2) is 47.4 Å². The molecule has 1 aromatic heterocycles. The van der Waals surface area contributed by atoms with Gasteiger partial charge in [0.15, 0.2) is 5.69 Å². The van der Waals surface area contributed by atoms with E-state index in [1.165, 1.54) is 0 Å². The molecule has 3 N–H and O–H groups in total. The van der Waals surface area contributed by atoms with Crippen molar-refractivity contribution in [2.24, 2.45) is 0 Å². The van der Waals surface area contributed by atoms with Gasteiger partial charge in [-0.15, -0.1) is 0 Å². The van der Waals surface area contributed by atoms with Crippen LogP contribution in [0.15, 0.2) is 40.3 Å². The monoisotopic (exact) mass is 386 g/mol. The van der Waals surface area contributed by atoms with E-state index in [2.05, 4.69) is 20.8 Å². The summed E-state index contributed by atoms with van der Waals surface area (Å²) in [5.74, 6) is -1.44. The number of rotatable bonds is 5. The van der Waals surface area contributed by atoms with Gasteiger partial charge in [-0.2, -0.15) is 5.10 Å². The second-order valence-electron chi connectivity index (χ2n) is 5.96. The minimum Gasteiger partial charge on any atom is -0.463 e. The summed E-state index contributed by atoms with van der Waals surface area (Å²) < 4.78 is 10.2. The van der Waals surface area contributed by atoms with Crippen LogP contribution in [-0.2, 0) is 14.3 Å². The van der Waals surface area contributed by atoms with E-state index in [1.807, 2.05) is 0 Å². The molecule has 0 saturated heterocycles. The average Bonchev–Trinajstić information content (AvgIpc) is 2.66. The first-order valence-electron chi connectivity index (χ1n) is 8.54. The summed E-state index contributed by atoms with van der Waals surface area (Å²) in [6, 6.07) is 5.31. The maximum atomic E-state index is 12.5. The third kappa shape index (κ3) is 3.70. The van der Waals surface area contributed by atoms with Crippen LogP contribution in [0.4, 0.5) is 4.79 Å². The fourth-order valence-corrected chi connectivity index (χ4v) is 2.87. The lowest BCUT2D eigenvalue weighted by molar-refractivity contribution is -0.139. The van der Waals surface area contributed by atoms with E-state index in [9.17, 15) is 19.2 Å². The molecule has 2 aromatic rings. The van der Waals surface area contributed by atoms with Gasteiger partial charge in [0, 0.05) is 5.39 Å². The van der Waals surface area contributed by atoms with Crippen LogP contribution in [0.25, 0.3) is 10.8 Å². The molecule has 0 spiro atoms. The summed E-state index contributed by atoms with van der Waals surface area (Å²) in [6.45, 7) is 3.05. The van der Waals surface area contributed by atoms with Crippen LogP contribution in [0, 0.1) is 0 Å². The first-order chi connectivity index (χ1) is 13.4. The molecule has 1 aliphatic rings. The van der Waals surface area contributed by atoms with Crippen LogP contribution in [0.2, 0.25) is 0 Å². The Hall–Kier alpha value is -3.69. The van der Waals surface area contributed by atoms with E-state index in [0.717, 1.165) is 0 Å². The van der Waals surface area contributed by atoms with Crippen LogP contribution >= 0.6 is 0 Å². The summed E-state index contributed by atoms with van der Waals surface area (Å²) in [5.41, 5.74) is -0.231. The number of carbonyl (C=O) groups excluding carboxylic acids is 3. The molecular formula is C18H18N4O6. The Balaban J connectivity index is 1.87. The first kappa shape index (κ1) is 19.1. The molecule has 1 aliphatic heterocycles. The Kier molecular flexibility index (Phi) is 5.39. The Morgan fingerprint density at radius 2 is 1.82 bits per heavy atom. The van der Waals surface area contributed by atoms with Crippen molar-refractivity contribution in [2.45, 2.75) is 19.9 Å². The van der Waals surface area contributed by atoms with Gasteiger partial charge < -0.3 is 20.1 Å². The van der Waals surface area contributed by atoms with E-state index >= 15 is 0 Å². The van der Waals surface area contributed by atoms with Gasteiger partial charge in [-0.1, -0.05) is 18.2 Å². The number of ether oxygens (including phenoxy) is 2. The molecule has 0 radical (unpaired) electrons. The molecule has 2 heterocycles. The van der Waals surface area contributed by atoms with Gasteiger partial charge in [0.25, 0.3) is 5.56 Å². The molecule has 0 bridgehead atoms. The molecule has 10 nitrogen and oxygen atoms in total. The summed E-state index contributed by atoms with van der Waals surface area (Å²) in [4.78, 5) is 48.3. The first-order valence-corrected chi connectivity index (χ1v) is 8.54. The number of fused-ring (bicyclic) bond motifs is 1. The molecule has 0 aliphatic carbocycles. The number of carbonyl (C=O) groups is 3. The van der Waals surface area contributed by atoms with Crippen LogP contribution < -0.4 is 16.2 Å². The van der Waals surface area contributed by atoms with Crippen molar-refractivity contribution in [3.8, 4) is 0 Å². The van der Waals surface area contributed by atoms with Crippen LogP contribution in [0.3, 0.4) is 0 Å². The van der Waals surface area contributed by atoms with Crippen LogP contribution in [0.5, 0.6) is 0 Å². The molecule has 10 heteroatoms. The van der Waals surface area contributed by atoms with E-state index in [0.29, 0.717) is 10.8 Å². The van der Waals surface area contributed by atoms with Crippen molar-refractivity contribution in [3.63, 3.8) is 0 Å². The van der Waals surface area contributed by atoms with E-state index in [1.54, 1.807) is 38.1 Å². The number of benzene rings is 1. The maximum absolute atomic E-state index is 12.5. The SMILES string of the molecule is CCOC(=O)C1=C(COC(=O)c2n[nH]c(=O)c3ccccc23)NC(=O)NC1C. The van der Waals surface area contributed by atoms with Crippen molar-refractivity contribution in [1.82, 2.24) is 20.8 Å². The zero-order valence-corrected chi connectivity index (χ0v) is 15.2. The summed E-state index contributed by atoms with van der Waals surface area (Å²) >= 11 is 0. The van der Waals surface area contributed by atoms with Gasteiger partial charge in [-0.05, 0) is 19.9 Å². The summed E-state index contributed by atoms with van der Waals surface area (Å²) in [6.07, 6.45) is 0. The molecule has 0 fully saturated rings. The number of amides is 2. The molecule has 3 rings (SSSR count). The second-order valence-corrected chi connectivity index (χ2v) is 5.96. The minimum absolute atomic E-state index is 0.0817. The lowest BCUT2D eigenvalue weighted by Crippen LogP contribution is -2.50. The highest BCUT2D eigenvalue weighted by atomic mass is 16.5. The zero-order valence-electron chi connectivity index (χ0n) is 15.2. The molecule has 146 valence electrons. The lowest BCUT2D eigenvalue weighted by Gasteiger charge is -2.26. The van der Waals surface area contributed by atoms with Gasteiger partial charge in [-0.25, -0.2) is 19.5 Å². The minimum atomic E-state index is -0.816. The molecule has 0 saturated carbocycles. The molecule has 1 aromatic carbocycles. The standard InChI is InChI=1S/C18H18N4O6/c1-3-27-16(24)13-9(2)19-18(26)20-12(13)8-28-17(25)14-10-6-4-5-7-11(10)15(23)22-21-14/h4-7,9H,3,8H2,1-2H3,(H,22,23)(H2,19,20,26). The summed E-state index contributed by atoms with van der Waals surface area (Å²) in [5, 5.41) is 11.6. The number of aromatic amines is 1. The van der Waals surface area contributed by atoms with Gasteiger partial charge in [0.1, 0.15) is 6.61 Å². The van der Waals surface area contributed by atoms with Gasteiger partial charge in [0.2, 0.25) is 0 Å². The van der Waals surface area contributed by atoms with E-state index in [4.69, 9.17) is 9.47 Å².